The van der Waals surface area contributed by atoms with Crippen molar-refractivity contribution in [2.24, 2.45) is 0 Å². The van der Waals surface area contributed by atoms with E-state index in [1.54, 1.807) is 12.1 Å². The molecule has 0 saturated heterocycles. The predicted octanol–water partition coefficient (Wildman–Crippen LogP) is 6.16. The van der Waals surface area contributed by atoms with Crippen molar-refractivity contribution in [3.05, 3.63) is 65.5 Å². The molecule has 144 valence electrons. The second kappa shape index (κ2) is 13.3. The van der Waals surface area contributed by atoms with Gasteiger partial charge in [-0.2, -0.15) is 0 Å². The average Bonchev–Trinajstić information content (AvgIpc) is 2.65. The normalized spacial score (nSPS) is 11.9. The minimum Gasteiger partial charge on any atom is -0.493 e. The molecule has 3 heteroatoms. The molecule has 0 aliphatic rings. The third-order valence-electron chi connectivity index (χ3n) is 4.29. The summed E-state index contributed by atoms with van der Waals surface area (Å²) in [5.41, 5.74) is 2.23. The predicted molar refractivity (Wildman–Crippen MR) is 108 cm³/mol. The van der Waals surface area contributed by atoms with Crippen molar-refractivity contribution in [1.29, 1.82) is 0 Å². The molecule has 1 aromatic carbocycles. The number of hydrogen-bond acceptors (Lipinski definition) is 2. The number of hydrogen-bond donors (Lipinski definition) is 1. The Morgan fingerprint density at radius 1 is 1.15 bits per heavy atom. The van der Waals surface area contributed by atoms with Gasteiger partial charge in [0, 0.05) is 6.07 Å². The highest BCUT2D eigenvalue weighted by atomic mass is 19.1. The molecule has 0 bridgehead atoms. The molecule has 0 heterocycles. The van der Waals surface area contributed by atoms with Crippen molar-refractivity contribution in [2.75, 3.05) is 13.2 Å². The maximum absolute atomic E-state index is 14.3. The number of allylic oxidation sites excluding steroid dienone is 3. The molecule has 0 spiro atoms. The van der Waals surface area contributed by atoms with Gasteiger partial charge in [0.15, 0.2) is 0 Å². The van der Waals surface area contributed by atoms with E-state index in [-0.39, 0.29) is 12.4 Å². The Morgan fingerprint density at radius 3 is 2.54 bits per heavy atom. The molecule has 0 aliphatic carbocycles. The van der Waals surface area contributed by atoms with Gasteiger partial charge in [0.25, 0.3) is 0 Å². The summed E-state index contributed by atoms with van der Waals surface area (Å²) in [6.45, 7) is 8.40. The standard InChI is InChI=1S/C23H33FO2/c1-4-6-7-8-9-10-15-26-22-14-13-21(23(24)17-22)16-20(5-2)12-11-19(3)18-25/h5,11-14,17,25H,3-4,6-10,15-16,18H2,1-2H3/b12-11-,20-5+. The summed E-state index contributed by atoms with van der Waals surface area (Å²) in [6.07, 6.45) is 13.3. The summed E-state index contributed by atoms with van der Waals surface area (Å²) in [5, 5.41) is 8.98. The first-order valence-electron chi connectivity index (χ1n) is 9.63. The molecular formula is C23H33FO2. The van der Waals surface area contributed by atoms with Crippen LogP contribution in [0.1, 0.15) is 57.9 Å². The molecule has 1 aromatic rings. The van der Waals surface area contributed by atoms with Crippen LogP contribution in [-0.4, -0.2) is 18.3 Å². The Bertz CT molecular complexity index is 602. The van der Waals surface area contributed by atoms with Gasteiger partial charge in [-0.1, -0.05) is 69.9 Å². The number of benzene rings is 1. The van der Waals surface area contributed by atoms with Gasteiger partial charge in [-0.05, 0) is 42.5 Å². The van der Waals surface area contributed by atoms with Crippen LogP contribution < -0.4 is 4.74 Å². The number of aliphatic hydroxyl groups excluding tert-OH is 1. The van der Waals surface area contributed by atoms with E-state index in [4.69, 9.17) is 9.84 Å². The fourth-order valence-electron chi connectivity index (χ4n) is 2.59. The van der Waals surface area contributed by atoms with Crippen LogP contribution in [0.25, 0.3) is 0 Å². The Morgan fingerprint density at radius 2 is 1.88 bits per heavy atom. The maximum Gasteiger partial charge on any atom is 0.130 e. The van der Waals surface area contributed by atoms with Crippen LogP contribution in [-0.2, 0) is 6.42 Å². The zero-order valence-electron chi connectivity index (χ0n) is 16.3. The Hall–Kier alpha value is -1.87. The first-order valence-corrected chi connectivity index (χ1v) is 9.63. The zero-order valence-corrected chi connectivity index (χ0v) is 16.3. The summed E-state index contributed by atoms with van der Waals surface area (Å²) >= 11 is 0. The van der Waals surface area contributed by atoms with Gasteiger partial charge in [-0.25, -0.2) is 4.39 Å². The molecule has 0 radical (unpaired) electrons. The first kappa shape index (κ1) is 22.2. The van der Waals surface area contributed by atoms with Crippen molar-refractivity contribution < 1.29 is 14.2 Å². The molecule has 1 rings (SSSR count). The highest BCUT2D eigenvalue weighted by Crippen LogP contribution is 2.20. The van der Waals surface area contributed by atoms with Crippen LogP contribution >= 0.6 is 0 Å². The number of aliphatic hydroxyl groups is 1. The fraction of sp³-hybridized carbons (Fsp3) is 0.478. The lowest BCUT2D eigenvalue weighted by atomic mass is 10.0. The van der Waals surface area contributed by atoms with E-state index in [1.165, 1.54) is 31.7 Å². The van der Waals surface area contributed by atoms with Gasteiger partial charge in [0.1, 0.15) is 11.6 Å². The molecule has 0 amide bonds. The van der Waals surface area contributed by atoms with Crippen LogP contribution in [0.15, 0.2) is 54.2 Å². The molecule has 0 aromatic heterocycles. The number of unbranched alkanes of at least 4 members (excludes halogenated alkanes) is 5. The smallest absolute Gasteiger partial charge is 0.130 e. The summed E-state index contributed by atoms with van der Waals surface area (Å²) in [7, 11) is 0. The first-order chi connectivity index (χ1) is 12.6. The average molecular weight is 361 g/mol. The monoisotopic (exact) mass is 360 g/mol. The molecule has 2 nitrogen and oxygen atoms in total. The lowest BCUT2D eigenvalue weighted by Gasteiger charge is -2.09. The lowest BCUT2D eigenvalue weighted by Crippen LogP contribution is -1.99. The van der Waals surface area contributed by atoms with Gasteiger partial charge in [0.05, 0.1) is 13.2 Å². The van der Waals surface area contributed by atoms with E-state index in [0.717, 1.165) is 18.4 Å². The van der Waals surface area contributed by atoms with Gasteiger partial charge < -0.3 is 9.84 Å². The number of ether oxygens (including phenoxy) is 1. The molecule has 0 aliphatic heterocycles. The summed E-state index contributed by atoms with van der Waals surface area (Å²) in [5.74, 6) is 0.338. The Kier molecular flexibility index (Phi) is 11.4. The minimum absolute atomic E-state index is 0.0769. The van der Waals surface area contributed by atoms with Gasteiger partial charge in [-0.3, -0.25) is 0 Å². The molecule has 0 fully saturated rings. The summed E-state index contributed by atoms with van der Waals surface area (Å²) in [6, 6.07) is 5.08. The second-order valence-corrected chi connectivity index (χ2v) is 6.56. The largest absolute Gasteiger partial charge is 0.493 e. The van der Waals surface area contributed by atoms with Crippen molar-refractivity contribution >= 4 is 0 Å². The van der Waals surface area contributed by atoms with Crippen LogP contribution in [0.4, 0.5) is 4.39 Å². The van der Waals surface area contributed by atoms with E-state index < -0.39 is 0 Å². The van der Waals surface area contributed by atoms with E-state index in [9.17, 15) is 4.39 Å². The van der Waals surface area contributed by atoms with E-state index >= 15 is 0 Å². The van der Waals surface area contributed by atoms with Gasteiger partial charge in [0.2, 0.25) is 0 Å². The van der Waals surface area contributed by atoms with Crippen LogP contribution in [0.3, 0.4) is 0 Å². The van der Waals surface area contributed by atoms with Crippen LogP contribution in [0, 0.1) is 5.82 Å². The van der Waals surface area contributed by atoms with E-state index in [1.807, 2.05) is 25.1 Å². The molecule has 0 atom stereocenters. The molecule has 1 N–H and O–H groups in total. The van der Waals surface area contributed by atoms with Crippen LogP contribution in [0.2, 0.25) is 0 Å². The summed E-state index contributed by atoms with van der Waals surface area (Å²) < 4.78 is 20.0. The molecule has 0 saturated carbocycles. The minimum atomic E-state index is -0.251. The van der Waals surface area contributed by atoms with Crippen molar-refractivity contribution in [3.8, 4) is 5.75 Å². The quantitative estimate of drug-likeness (QED) is 0.337. The Balaban J connectivity index is 2.48. The van der Waals surface area contributed by atoms with Crippen molar-refractivity contribution in [2.45, 2.75) is 58.8 Å². The number of rotatable bonds is 13. The Labute approximate surface area is 158 Å². The van der Waals surface area contributed by atoms with E-state index in [0.29, 0.717) is 29.9 Å². The molecule has 26 heavy (non-hydrogen) atoms. The van der Waals surface area contributed by atoms with Gasteiger partial charge >= 0.3 is 0 Å². The van der Waals surface area contributed by atoms with Crippen LogP contribution in [0.5, 0.6) is 5.75 Å². The highest BCUT2D eigenvalue weighted by Gasteiger charge is 2.06. The van der Waals surface area contributed by atoms with Crippen molar-refractivity contribution in [3.63, 3.8) is 0 Å². The lowest BCUT2D eigenvalue weighted by molar-refractivity contribution is 0.303. The highest BCUT2D eigenvalue weighted by molar-refractivity contribution is 5.35. The third kappa shape index (κ3) is 9.00. The SMILES string of the molecule is C=C(/C=C\C(=C/C)Cc1ccc(OCCCCCCCC)cc1F)CO. The summed E-state index contributed by atoms with van der Waals surface area (Å²) in [4.78, 5) is 0. The molecular weight excluding hydrogens is 327 g/mol. The van der Waals surface area contributed by atoms with Crippen molar-refractivity contribution in [1.82, 2.24) is 0 Å². The maximum atomic E-state index is 14.3. The second-order valence-electron chi connectivity index (χ2n) is 6.56. The zero-order chi connectivity index (χ0) is 19.2. The topological polar surface area (TPSA) is 29.5 Å². The molecule has 0 unspecified atom stereocenters. The number of halogens is 1. The van der Waals surface area contributed by atoms with E-state index in [2.05, 4.69) is 13.5 Å². The fourth-order valence-corrected chi connectivity index (χ4v) is 2.59. The van der Waals surface area contributed by atoms with Gasteiger partial charge in [-0.15, -0.1) is 0 Å². The third-order valence-corrected chi connectivity index (χ3v) is 4.29.